The Hall–Kier alpha value is 1.03. The molecule has 6 heavy (non-hydrogen) atoms. The zero-order valence-electron chi connectivity index (χ0n) is 3.58. The standard InChI is InChI=1S/C3H6F.BrH.Zn/c1-2-3-4;;/h1-3H2;1H;/q-1;;+2/p-1. The molecule has 0 aromatic rings. The SMILES string of the molecule is [CH2-]CCF.[Zn+][Br]. The van der Waals surface area contributed by atoms with Crippen molar-refractivity contribution in [3.63, 3.8) is 0 Å². The maximum absolute atomic E-state index is 10.7. The molecule has 0 unspecified atom stereocenters. The van der Waals surface area contributed by atoms with Crippen molar-refractivity contribution >= 4 is 13.6 Å². The van der Waals surface area contributed by atoms with Crippen LogP contribution in [0.3, 0.4) is 0 Å². The van der Waals surface area contributed by atoms with E-state index < -0.39 is 0 Å². The summed E-state index contributed by atoms with van der Waals surface area (Å²) in [5.74, 6) is 0. The van der Waals surface area contributed by atoms with Gasteiger partial charge in [0.2, 0.25) is 0 Å². The predicted octanol–water partition coefficient (Wildman–Crippen LogP) is 2.02. The molecule has 0 aliphatic carbocycles. The summed E-state index contributed by atoms with van der Waals surface area (Å²) in [7, 11) is 0. The van der Waals surface area contributed by atoms with Gasteiger partial charge in [-0.15, -0.1) is 0 Å². The number of hydrogen-bond donors (Lipinski definition) is 0. The second-order valence-electron chi connectivity index (χ2n) is 0.543. The summed E-state index contributed by atoms with van der Waals surface area (Å²) < 4.78 is 10.7. The summed E-state index contributed by atoms with van der Waals surface area (Å²) in [6.07, 6.45) is 0.403. The normalized spacial score (nSPS) is 6.17. The fourth-order valence-corrected chi connectivity index (χ4v) is 0. The summed E-state index contributed by atoms with van der Waals surface area (Å²) in [5.41, 5.74) is 0. The van der Waals surface area contributed by atoms with Crippen molar-refractivity contribution in [2.45, 2.75) is 6.42 Å². The maximum atomic E-state index is 10.7. The van der Waals surface area contributed by atoms with Gasteiger partial charge in [0.15, 0.2) is 0 Å². The summed E-state index contributed by atoms with van der Waals surface area (Å²) in [6, 6.07) is 0. The van der Waals surface area contributed by atoms with Crippen LogP contribution in [-0.2, 0) is 16.3 Å². The molecule has 0 saturated carbocycles. The van der Waals surface area contributed by atoms with Crippen molar-refractivity contribution in [1.82, 2.24) is 0 Å². The topological polar surface area (TPSA) is 0 Å². The fourth-order valence-electron chi connectivity index (χ4n) is 0. The first-order chi connectivity index (χ1) is 2.91. The molecule has 0 aliphatic heterocycles. The third-order valence-corrected chi connectivity index (χ3v) is 0.134. The molecule has 0 atom stereocenters. The molecule has 0 aromatic carbocycles. The molecule has 0 bridgehead atoms. The van der Waals surface area contributed by atoms with Crippen LogP contribution in [0, 0.1) is 6.92 Å². The molecule has 0 amide bonds. The Labute approximate surface area is 54.5 Å². The Morgan fingerprint density at radius 3 is 1.83 bits per heavy atom. The number of halogens is 2. The van der Waals surface area contributed by atoms with E-state index in [9.17, 15) is 4.39 Å². The Kier molecular flexibility index (Phi) is 28.0. The van der Waals surface area contributed by atoms with Crippen molar-refractivity contribution in [1.29, 1.82) is 0 Å². The van der Waals surface area contributed by atoms with Crippen molar-refractivity contribution in [2.75, 3.05) is 6.67 Å². The number of rotatable bonds is 1. The van der Waals surface area contributed by atoms with E-state index in [-0.39, 0.29) is 6.67 Å². The average Bonchev–Trinajstić information content (AvgIpc) is 1.72. The molecular weight excluding hydrogens is 200 g/mol. The molecule has 0 fully saturated rings. The van der Waals surface area contributed by atoms with Crippen LogP contribution in [0.15, 0.2) is 0 Å². The second-order valence-corrected chi connectivity index (χ2v) is 0.543. The molecule has 3 heteroatoms. The Balaban J connectivity index is 0. The summed E-state index contributed by atoms with van der Waals surface area (Å²) >= 11 is 4.25. The third-order valence-electron chi connectivity index (χ3n) is 0.134. The predicted molar refractivity (Wildman–Crippen MR) is 24.9 cm³/mol. The van der Waals surface area contributed by atoms with Gasteiger partial charge in [0.1, 0.15) is 0 Å². The van der Waals surface area contributed by atoms with Crippen molar-refractivity contribution in [3.8, 4) is 0 Å². The molecule has 0 saturated heterocycles. The molecule has 0 nitrogen and oxygen atoms in total. The van der Waals surface area contributed by atoms with E-state index in [4.69, 9.17) is 0 Å². The molecule has 0 aliphatic rings. The first-order valence-corrected chi connectivity index (χ1v) is 8.48. The minimum absolute atomic E-state index is 0.292. The zero-order chi connectivity index (χ0) is 5.41. The first-order valence-electron chi connectivity index (χ1n) is 1.53. The average molecular weight is 206 g/mol. The van der Waals surface area contributed by atoms with Gasteiger partial charge < -0.3 is 6.92 Å². The summed E-state index contributed by atoms with van der Waals surface area (Å²) in [5, 5.41) is 0. The van der Waals surface area contributed by atoms with Gasteiger partial charge in [-0.3, -0.25) is 4.39 Å². The Morgan fingerprint density at radius 2 is 1.83 bits per heavy atom. The van der Waals surface area contributed by atoms with Crippen LogP contribution < -0.4 is 0 Å². The van der Waals surface area contributed by atoms with Gasteiger partial charge in [0, 0.05) is 0 Å². The van der Waals surface area contributed by atoms with Crippen LogP contribution in [0.4, 0.5) is 4.39 Å². The molecule has 34 valence electrons. The van der Waals surface area contributed by atoms with Crippen LogP contribution in [0.1, 0.15) is 6.42 Å². The van der Waals surface area contributed by atoms with E-state index in [2.05, 4.69) is 20.5 Å². The molecular formula is C3H6BrFZn. The number of alkyl halides is 1. The van der Waals surface area contributed by atoms with E-state index >= 15 is 0 Å². The molecule has 0 radical (unpaired) electrons. The quantitative estimate of drug-likeness (QED) is 0.455. The molecule has 0 heterocycles. The van der Waals surface area contributed by atoms with E-state index in [0.717, 1.165) is 0 Å². The van der Waals surface area contributed by atoms with Gasteiger partial charge in [-0.25, -0.2) is 0 Å². The van der Waals surface area contributed by atoms with Crippen molar-refractivity contribution in [2.24, 2.45) is 0 Å². The minimum atomic E-state index is -0.292. The van der Waals surface area contributed by atoms with Gasteiger partial charge >= 0.3 is 30.0 Å². The zero-order valence-corrected chi connectivity index (χ0v) is 8.14. The van der Waals surface area contributed by atoms with Gasteiger partial charge in [0.05, 0.1) is 6.67 Å². The van der Waals surface area contributed by atoms with E-state index in [1.54, 1.807) is 0 Å². The van der Waals surface area contributed by atoms with E-state index in [1.807, 2.05) is 0 Å². The molecule has 0 rings (SSSR count). The molecule has 0 N–H and O–H groups in total. The first kappa shape index (κ1) is 10.1. The van der Waals surface area contributed by atoms with Gasteiger partial charge in [-0.2, -0.15) is 6.42 Å². The monoisotopic (exact) mass is 204 g/mol. The van der Waals surface area contributed by atoms with Crippen LogP contribution in [0.5, 0.6) is 0 Å². The third kappa shape index (κ3) is 19.8. The van der Waals surface area contributed by atoms with Gasteiger partial charge in [0.25, 0.3) is 0 Å². The Morgan fingerprint density at radius 1 is 1.67 bits per heavy atom. The van der Waals surface area contributed by atoms with Crippen LogP contribution in [0.25, 0.3) is 0 Å². The molecule has 0 spiro atoms. The van der Waals surface area contributed by atoms with E-state index in [1.165, 1.54) is 16.3 Å². The van der Waals surface area contributed by atoms with Crippen LogP contribution >= 0.6 is 13.6 Å². The summed E-state index contributed by atoms with van der Waals surface area (Å²) in [4.78, 5) is 0. The number of hydrogen-bond acceptors (Lipinski definition) is 0. The Bertz CT molecular complexity index is 12.8. The van der Waals surface area contributed by atoms with Gasteiger partial charge in [-0.1, -0.05) is 0 Å². The van der Waals surface area contributed by atoms with Crippen molar-refractivity contribution in [3.05, 3.63) is 6.92 Å². The van der Waals surface area contributed by atoms with Crippen LogP contribution in [-0.4, -0.2) is 6.67 Å². The van der Waals surface area contributed by atoms with Crippen molar-refractivity contribution < 1.29 is 20.7 Å². The molecule has 0 aromatic heterocycles. The second kappa shape index (κ2) is 16.6. The van der Waals surface area contributed by atoms with Crippen LogP contribution in [0.2, 0.25) is 0 Å². The summed E-state index contributed by atoms with van der Waals surface area (Å²) in [6.45, 7) is 2.94. The van der Waals surface area contributed by atoms with Gasteiger partial charge in [-0.05, 0) is 0 Å². The fraction of sp³-hybridized carbons (Fsp3) is 0.667. The van der Waals surface area contributed by atoms with E-state index in [0.29, 0.717) is 6.42 Å².